The van der Waals surface area contributed by atoms with Crippen molar-refractivity contribution in [3.8, 4) is 0 Å². The van der Waals surface area contributed by atoms with E-state index in [1.54, 1.807) is 0 Å². The summed E-state index contributed by atoms with van der Waals surface area (Å²) in [5.74, 6) is 0.658. The molecule has 0 unspecified atom stereocenters. The van der Waals surface area contributed by atoms with Crippen LogP contribution in [0.1, 0.15) is 17.0 Å². The van der Waals surface area contributed by atoms with Gasteiger partial charge in [0.2, 0.25) is 0 Å². The van der Waals surface area contributed by atoms with Gasteiger partial charge in [-0.25, -0.2) is 9.89 Å². The van der Waals surface area contributed by atoms with E-state index in [-0.39, 0.29) is 5.69 Å². The standard InChI is InChI=1S/C12H14N4O/c17-12-14-11(15-16-12)7-13-10-5-8-3-1-2-4-9(8)6-10/h1-4,10,13H,5-7H2,(H2,14,15,16,17). The number of hydrogen-bond acceptors (Lipinski definition) is 3. The number of rotatable bonds is 3. The van der Waals surface area contributed by atoms with Gasteiger partial charge in [0.1, 0.15) is 5.82 Å². The summed E-state index contributed by atoms with van der Waals surface area (Å²) in [5, 5.41) is 9.64. The van der Waals surface area contributed by atoms with Crippen molar-refractivity contribution < 1.29 is 0 Å². The van der Waals surface area contributed by atoms with Gasteiger partial charge < -0.3 is 5.32 Å². The molecule has 0 atom stereocenters. The van der Waals surface area contributed by atoms with E-state index in [4.69, 9.17) is 0 Å². The van der Waals surface area contributed by atoms with Crippen LogP contribution in [0.2, 0.25) is 0 Å². The maximum absolute atomic E-state index is 10.9. The minimum Gasteiger partial charge on any atom is -0.306 e. The van der Waals surface area contributed by atoms with Crippen molar-refractivity contribution >= 4 is 0 Å². The molecule has 2 aromatic rings. The Kier molecular flexibility index (Phi) is 2.53. The molecule has 0 radical (unpaired) electrons. The van der Waals surface area contributed by atoms with Gasteiger partial charge in [-0.2, -0.15) is 5.10 Å². The number of benzene rings is 1. The number of H-pyrrole nitrogens is 2. The van der Waals surface area contributed by atoms with Crippen molar-refractivity contribution in [2.24, 2.45) is 0 Å². The highest BCUT2D eigenvalue weighted by atomic mass is 16.1. The lowest BCUT2D eigenvalue weighted by Gasteiger charge is -2.09. The zero-order valence-corrected chi connectivity index (χ0v) is 9.36. The van der Waals surface area contributed by atoms with Crippen LogP contribution in [0.15, 0.2) is 29.1 Å². The molecule has 1 aromatic carbocycles. The lowest BCUT2D eigenvalue weighted by atomic mass is 10.1. The predicted octanol–water partition coefficient (Wildman–Crippen LogP) is 0.355. The Morgan fingerprint density at radius 3 is 2.59 bits per heavy atom. The fourth-order valence-corrected chi connectivity index (χ4v) is 2.33. The maximum Gasteiger partial charge on any atom is 0.340 e. The Balaban J connectivity index is 1.61. The molecule has 0 saturated carbocycles. The second kappa shape index (κ2) is 4.18. The van der Waals surface area contributed by atoms with Crippen LogP contribution >= 0.6 is 0 Å². The predicted molar refractivity (Wildman–Crippen MR) is 63.7 cm³/mol. The molecule has 3 rings (SSSR count). The van der Waals surface area contributed by atoms with Crippen LogP contribution < -0.4 is 11.0 Å². The molecule has 88 valence electrons. The SMILES string of the molecule is O=c1[nH]nc(CNC2Cc3ccccc3C2)[nH]1. The van der Waals surface area contributed by atoms with Gasteiger partial charge in [-0.05, 0) is 24.0 Å². The Labute approximate surface area is 98.3 Å². The Morgan fingerprint density at radius 2 is 2.00 bits per heavy atom. The molecule has 1 aromatic heterocycles. The van der Waals surface area contributed by atoms with Crippen molar-refractivity contribution in [2.75, 3.05) is 0 Å². The first-order chi connectivity index (χ1) is 8.31. The molecule has 0 spiro atoms. The first kappa shape index (κ1) is 10.3. The van der Waals surface area contributed by atoms with Crippen LogP contribution in [0, 0.1) is 0 Å². The molecule has 17 heavy (non-hydrogen) atoms. The quantitative estimate of drug-likeness (QED) is 0.712. The number of fused-ring (bicyclic) bond motifs is 1. The molecule has 3 N–H and O–H groups in total. The molecule has 1 aliphatic carbocycles. The zero-order chi connectivity index (χ0) is 11.7. The highest BCUT2D eigenvalue weighted by molar-refractivity contribution is 5.33. The highest BCUT2D eigenvalue weighted by Gasteiger charge is 2.20. The Morgan fingerprint density at radius 1 is 1.29 bits per heavy atom. The van der Waals surface area contributed by atoms with Gasteiger partial charge in [0.25, 0.3) is 0 Å². The number of aromatic nitrogens is 3. The van der Waals surface area contributed by atoms with Gasteiger partial charge >= 0.3 is 5.69 Å². The third kappa shape index (κ3) is 2.14. The summed E-state index contributed by atoms with van der Waals surface area (Å²) in [6.45, 7) is 0.595. The minimum absolute atomic E-state index is 0.253. The second-order valence-corrected chi connectivity index (χ2v) is 4.38. The fourth-order valence-electron chi connectivity index (χ4n) is 2.33. The van der Waals surface area contributed by atoms with Gasteiger partial charge in [-0.3, -0.25) is 4.98 Å². The van der Waals surface area contributed by atoms with Crippen LogP contribution in [-0.4, -0.2) is 21.2 Å². The van der Waals surface area contributed by atoms with Gasteiger partial charge in [-0.15, -0.1) is 0 Å². The van der Waals surface area contributed by atoms with E-state index in [1.165, 1.54) is 11.1 Å². The molecule has 1 aliphatic rings. The molecule has 0 aliphatic heterocycles. The van der Waals surface area contributed by atoms with Crippen LogP contribution in [0.4, 0.5) is 0 Å². The van der Waals surface area contributed by atoms with E-state index in [1.807, 2.05) is 0 Å². The van der Waals surface area contributed by atoms with Crippen LogP contribution in [0.5, 0.6) is 0 Å². The molecule has 0 amide bonds. The largest absolute Gasteiger partial charge is 0.340 e. The molecule has 1 heterocycles. The second-order valence-electron chi connectivity index (χ2n) is 4.38. The molecule has 5 heteroatoms. The van der Waals surface area contributed by atoms with Crippen molar-refractivity contribution in [3.05, 3.63) is 51.7 Å². The first-order valence-corrected chi connectivity index (χ1v) is 5.75. The Bertz CT molecular complexity index is 547. The van der Waals surface area contributed by atoms with Crippen LogP contribution in [0.25, 0.3) is 0 Å². The number of hydrogen-bond donors (Lipinski definition) is 3. The smallest absolute Gasteiger partial charge is 0.306 e. The average Bonchev–Trinajstić information content (AvgIpc) is 2.91. The molecule has 0 bridgehead atoms. The maximum atomic E-state index is 10.9. The summed E-state index contributed by atoms with van der Waals surface area (Å²) < 4.78 is 0. The summed E-state index contributed by atoms with van der Waals surface area (Å²) in [6.07, 6.45) is 2.09. The highest BCUT2D eigenvalue weighted by Crippen LogP contribution is 2.21. The lowest BCUT2D eigenvalue weighted by Crippen LogP contribution is -2.29. The number of nitrogens with one attached hydrogen (secondary N) is 3. The lowest BCUT2D eigenvalue weighted by molar-refractivity contribution is 0.522. The minimum atomic E-state index is -0.253. The van der Waals surface area contributed by atoms with Crippen LogP contribution in [-0.2, 0) is 19.4 Å². The molecule has 0 saturated heterocycles. The van der Waals surface area contributed by atoms with Crippen molar-refractivity contribution in [3.63, 3.8) is 0 Å². The summed E-state index contributed by atoms with van der Waals surface area (Å²) in [4.78, 5) is 13.5. The topological polar surface area (TPSA) is 73.6 Å². The third-order valence-corrected chi connectivity index (χ3v) is 3.16. The van der Waals surface area contributed by atoms with E-state index in [0.717, 1.165) is 12.8 Å². The summed E-state index contributed by atoms with van der Waals surface area (Å²) in [7, 11) is 0. The van der Waals surface area contributed by atoms with Gasteiger partial charge in [0.05, 0.1) is 6.54 Å². The van der Waals surface area contributed by atoms with E-state index < -0.39 is 0 Å². The van der Waals surface area contributed by atoms with E-state index in [9.17, 15) is 4.79 Å². The number of nitrogens with zero attached hydrogens (tertiary/aromatic N) is 1. The van der Waals surface area contributed by atoms with E-state index in [0.29, 0.717) is 18.4 Å². The molecular weight excluding hydrogens is 216 g/mol. The average molecular weight is 230 g/mol. The summed E-state index contributed by atoms with van der Waals surface area (Å²) in [6, 6.07) is 8.94. The van der Waals surface area contributed by atoms with Crippen molar-refractivity contribution in [1.82, 2.24) is 20.5 Å². The van der Waals surface area contributed by atoms with Crippen molar-refractivity contribution in [1.29, 1.82) is 0 Å². The summed E-state index contributed by atoms with van der Waals surface area (Å²) in [5.41, 5.74) is 2.58. The van der Waals surface area contributed by atoms with Crippen LogP contribution in [0.3, 0.4) is 0 Å². The van der Waals surface area contributed by atoms with Gasteiger partial charge in [0.15, 0.2) is 0 Å². The van der Waals surface area contributed by atoms with Gasteiger partial charge in [-0.1, -0.05) is 24.3 Å². The normalized spacial score (nSPS) is 15.1. The van der Waals surface area contributed by atoms with E-state index in [2.05, 4.69) is 44.8 Å². The summed E-state index contributed by atoms with van der Waals surface area (Å²) >= 11 is 0. The first-order valence-electron chi connectivity index (χ1n) is 5.75. The third-order valence-electron chi connectivity index (χ3n) is 3.16. The zero-order valence-electron chi connectivity index (χ0n) is 9.36. The van der Waals surface area contributed by atoms with Crippen molar-refractivity contribution in [2.45, 2.75) is 25.4 Å². The fraction of sp³-hybridized carbons (Fsp3) is 0.333. The van der Waals surface area contributed by atoms with Gasteiger partial charge in [0, 0.05) is 6.04 Å². The van der Waals surface area contributed by atoms with E-state index >= 15 is 0 Å². The Hall–Kier alpha value is -1.88. The molecular formula is C12H14N4O. The molecule has 5 nitrogen and oxygen atoms in total. The number of aromatic amines is 2. The monoisotopic (exact) mass is 230 g/mol. The molecule has 0 fully saturated rings.